The van der Waals surface area contributed by atoms with Crippen molar-refractivity contribution in [1.29, 1.82) is 0 Å². The van der Waals surface area contributed by atoms with Crippen molar-refractivity contribution in [2.75, 3.05) is 13.1 Å². The lowest BCUT2D eigenvalue weighted by Crippen LogP contribution is -2.38. The smallest absolute Gasteiger partial charge is 0.287 e. The van der Waals surface area contributed by atoms with Crippen molar-refractivity contribution in [1.82, 2.24) is 10.2 Å². The third-order valence-corrected chi connectivity index (χ3v) is 5.15. The quantitative estimate of drug-likeness (QED) is 0.939. The van der Waals surface area contributed by atoms with Crippen molar-refractivity contribution in [2.45, 2.75) is 44.7 Å². The molecule has 0 bridgehead atoms. The van der Waals surface area contributed by atoms with E-state index in [9.17, 15) is 4.79 Å². The molecule has 1 aliphatic carbocycles. The SMILES string of the molecule is O=C(NC1CCc2ccccc2C1)c1ccc(CN2CCCC2)o1. The zero-order valence-corrected chi connectivity index (χ0v) is 14.0. The molecule has 1 amide bonds. The fraction of sp³-hybridized carbons (Fsp3) is 0.450. The molecule has 24 heavy (non-hydrogen) atoms. The monoisotopic (exact) mass is 324 g/mol. The fourth-order valence-electron chi connectivity index (χ4n) is 3.82. The lowest BCUT2D eigenvalue weighted by atomic mass is 9.88. The molecule has 2 aliphatic rings. The van der Waals surface area contributed by atoms with Crippen LogP contribution in [0.2, 0.25) is 0 Å². The van der Waals surface area contributed by atoms with Gasteiger partial charge in [-0.1, -0.05) is 24.3 Å². The third kappa shape index (κ3) is 3.39. The standard InChI is InChI=1S/C20H24N2O2/c23-20(19-10-9-18(24-19)14-22-11-3-4-12-22)21-17-8-7-15-5-1-2-6-16(15)13-17/h1-2,5-6,9-10,17H,3-4,7-8,11-14H2,(H,21,23). The maximum atomic E-state index is 12.5. The number of nitrogens with zero attached hydrogens (tertiary/aromatic N) is 1. The molecule has 1 saturated heterocycles. The van der Waals surface area contributed by atoms with Crippen LogP contribution in [0, 0.1) is 0 Å². The van der Waals surface area contributed by atoms with E-state index in [-0.39, 0.29) is 11.9 Å². The summed E-state index contributed by atoms with van der Waals surface area (Å²) in [6, 6.07) is 12.4. The zero-order chi connectivity index (χ0) is 16.4. The van der Waals surface area contributed by atoms with Gasteiger partial charge in [0.15, 0.2) is 5.76 Å². The lowest BCUT2D eigenvalue weighted by Gasteiger charge is -2.25. The van der Waals surface area contributed by atoms with Crippen LogP contribution in [0.25, 0.3) is 0 Å². The van der Waals surface area contributed by atoms with Crippen molar-refractivity contribution >= 4 is 5.91 Å². The largest absolute Gasteiger partial charge is 0.455 e. The number of likely N-dealkylation sites (tertiary alicyclic amines) is 1. The molecule has 126 valence electrons. The van der Waals surface area contributed by atoms with E-state index < -0.39 is 0 Å². The van der Waals surface area contributed by atoms with Crippen molar-refractivity contribution in [2.24, 2.45) is 0 Å². The first-order valence-corrected chi connectivity index (χ1v) is 8.96. The Labute approximate surface area is 142 Å². The van der Waals surface area contributed by atoms with Crippen LogP contribution >= 0.6 is 0 Å². The van der Waals surface area contributed by atoms with E-state index in [1.807, 2.05) is 6.07 Å². The average Bonchev–Trinajstić information content (AvgIpc) is 3.27. The second-order valence-corrected chi connectivity index (χ2v) is 6.93. The minimum absolute atomic E-state index is 0.0907. The van der Waals surface area contributed by atoms with Crippen LogP contribution in [0.4, 0.5) is 0 Å². The summed E-state index contributed by atoms with van der Waals surface area (Å²) in [4.78, 5) is 14.8. The normalized spacial score (nSPS) is 20.8. The topological polar surface area (TPSA) is 45.5 Å². The van der Waals surface area contributed by atoms with Gasteiger partial charge >= 0.3 is 0 Å². The predicted molar refractivity (Wildman–Crippen MR) is 92.9 cm³/mol. The maximum absolute atomic E-state index is 12.5. The first kappa shape index (κ1) is 15.5. The number of carbonyl (C=O) groups excluding carboxylic acids is 1. The number of benzene rings is 1. The van der Waals surface area contributed by atoms with E-state index in [0.29, 0.717) is 5.76 Å². The van der Waals surface area contributed by atoms with Gasteiger partial charge in [-0.15, -0.1) is 0 Å². The Bertz CT molecular complexity index is 716. The second-order valence-electron chi connectivity index (χ2n) is 6.93. The van der Waals surface area contributed by atoms with Gasteiger partial charge in [-0.2, -0.15) is 0 Å². The zero-order valence-electron chi connectivity index (χ0n) is 14.0. The summed E-state index contributed by atoms with van der Waals surface area (Å²) in [5.41, 5.74) is 2.76. The first-order valence-electron chi connectivity index (χ1n) is 8.96. The molecule has 1 atom stereocenters. The van der Waals surface area contributed by atoms with Gasteiger partial charge in [-0.3, -0.25) is 9.69 Å². The van der Waals surface area contributed by atoms with E-state index >= 15 is 0 Å². The Balaban J connectivity index is 1.35. The molecular formula is C20H24N2O2. The molecule has 0 spiro atoms. The summed E-state index contributed by atoms with van der Waals surface area (Å²) in [6.07, 6.45) is 5.45. The number of nitrogens with one attached hydrogen (secondary N) is 1. The number of hydrogen-bond acceptors (Lipinski definition) is 3. The van der Waals surface area contributed by atoms with Gasteiger partial charge in [-0.05, 0) is 68.5 Å². The van der Waals surface area contributed by atoms with Crippen molar-refractivity contribution < 1.29 is 9.21 Å². The van der Waals surface area contributed by atoms with E-state index in [2.05, 4.69) is 34.5 Å². The highest BCUT2D eigenvalue weighted by Crippen LogP contribution is 2.21. The summed E-state index contributed by atoms with van der Waals surface area (Å²) >= 11 is 0. The Morgan fingerprint density at radius 2 is 1.92 bits per heavy atom. The Kier molecular flexibility index (Phi) is 4.39. The van der Waals surface area contributed by atoms with Crippen LogP contribution in [0.1, 0.15) is 46.7 Å². The Morgan fingerprint density at radius 3 is 2.75 bits per heavy atom. The summed E-state index contributed by atoms with van der Waals surface area (Å²) in [5, 5.41) is 3.14. The average molecular weight is 324 g/mol. The van der Waals surface area contributed by atoms with E-state index in [1.54, 1.807) is 6.07 Å². The number of aryl methyl sites for hydroxylation is 1. The van der Waals surface area contributed by atoms with Crippen LogP contribution in [-0.4, -0.2) is 29.9 Å². The lowest BCUT2D eigenvalue weighted by molar-refractivity contribution is 0.0902. The summed E-state index contributed by atoms with van der Waals surface area (Å²) < 4.78 is 5.76. The van der Waals surface area contributed by atoms with Crippen LogP contribution in [0.15, 0.2) is 40.8 Å². The van der Waals surface area contributed by atoms with Crippen molar-refractivity contribution in [3.8, 4) is 0 Å². The van der Waals surface area contributed by atoms with Gasteiger partial charge in [0.05, 0.1) is 6.54 Å². The Morgan fingerprint density at radius 1 is 1.12 bits per heavy atom. The number of fused-ring (bicyclic) bond motifs is 1. The Hall–Kier alpha value is -2.07. The summed E-state index contributed by atoms with van der Waals surface area (Å²) in [5.74, 6) is 1.23. The van der Waals surface area contributed by atoms with E-state index in [0.717, 1.165) is 44.7 Å². The second kappa shape index (κ2) is 6.81. The molecule has 1 aromatic heterocycles. The fourth-order valence-corrected chi connectivity index (χ4v) is 3.82. The number of carbonyl (C=O) groups is 1. The van der Waals surface area contributed by atoms with Crippen LogP contribution in [0.3, 0.4) is 0 Å². The van der Waals surface area contributed by atoms with Gasteiger partial charge in [0.25, 0.3) is 5.91 Å². The van der Waals surface area contributed by atoms with Crippen molar-refractivity contribution in [3.63, 3.8) is 0 Å². The summed E-state index contributed by atoms with van der Waals surface area (Å²) in [6.45, 7) is 3.07. The summed E-state index contributed by atoms with van der Waals surface area (Å²) in [7, 11) is 0. The van der Waals surface area contributed by atoms with Gasteiger partial charge in [0.2, 0.25) is 0 Å². The third-order valence-electron chi connectivity index (χ3n) is 5.15. The number of rotatable bonds is 4. The maximum Gasteiger partial charge on any atom is 0.287 e. The molecule has 1 aromatic carbocycles. The molecule has 4 heteroatoms. The molecule has 0 radical (unpaired) electrons. The highest BCUT2D eigenvalue weighted by Gasteiger charge is 2.22. The van der Waals surface area contributed by atoms with Gasteiger partial charge in [-0.25, -0.2) is 0 Å². The van der Waals surface area contributed by atoms with Crippen molar-refractivity contribution in [3.05, 3.63) is 59.0 Å². The molecule has 1 aliphatic heterocycles. The molecule has 1 N–H and O–H groups in total. The van der Waals surface area contributed by atoms with E-state index in [1.165, 1.54) is 24.0 Å². The number of hydrogen-bond donors (Lipinski definition) is 1. The van der Waals surface area contributed by atoms with Gasteiger partial charge < -0.3 is 9.73 Å². The number of furan rings is 1. The van der Waals surface area contributed by atoms with E-state index in [4.69, 9.17) is 4.42 Å². The predicted octanol–water partition coefficient (Wildman–Crippen LogP) is 3.16. The van der Waals surface area contributed by atoms with Crippen LogP contribution in [0.5, 0.6) is 0 Å². The minimum Gasteiger partial charge on any atom is -0.455 e. The molecule has 2 heterocycles. The molecule has 2 aromatic rings. The minimum atomic E-state index is -0.0907. The highest BCUT2D eigenvalue weighted by atomic mass is 16.4. The molecule has 4 rings (SSSR count). The molecule has 1 unspecified atom stereocenters. The molecule has 1 fully saturated rings. The molecule has 4 nitrogen and oxygen atoms in total. The molecule has 0 saturated carbocycles. The number of amides is 1. The first-order chi connectivity index (χ1) is 11.8. The van der Waals surface area contributed by atoms with Gasteiger partial charge in [0, 0.05) is 6.04 Å². The van der Waals surface area contributed by atoms with Crippen LogP contribution in [-0.2, 0) is 19.4 Å². The molecular weight excluding hydrogens is 300 g/mol. The van der Waals surface area contributed by atoms with Crippen LogP contribution < -0.4 is 5.32 Å². The highest BCUT2D eigenvalue weighted by molar-refractivity contribution is 5.91. The van der Waals surface area contributed by atoms with Gasteiger partial charge in [0.1, 0.15) is 5.76 Å².